The summed E-state index contributed by atoms with van der Waals surface area (Å²) in [5.74, 6) is 0. The Morgan fingerprint density at radius 1 is 1.34 bits per heavy atom. The van der Waals surface area contributed by atoms with Gasteiger partial charge in [0.2, 0.25) is 0 Å². The van der Waals surface area contributed by atoms with Gasteiger partial charge in [0.05, 0.1) is 12.6 Å². The zero-order chi connectivity index (χ0) is 20.8. The SMILES string of the molecule is COCCCNC(=S)N(Cc1cc2cc(C)c(C)cc2[nH]c1=O)C[C@H]1CCCO1. The third-order valence-corrected chi connectivity index (χ3v) is 5.84. The maximum Gasteiger partial charge on any atom is 0.253 e. The third-order valence-electron chi connectivity index (χ3n) is 5.43. The van der Waals surface area contributed by atoms with E-state index in [0.717, 1.165) is 43.3 Å². The summed E-state index contributed by atoms with van der Waals surface area (Å²) in [5, 5.41) is 4.98. The average molecular weight is 418 g/mol. The van der Waals surface area contributed by atoms with Gasteiger partial charge in [0.1, 0.15) is 0 Å². The molecule has 0 radical (unpaired) electrons. The van der Waals surface area contributed by atoms with Crippen molar-refractivity contribution in [1.29, 1.82) is 0 Å². The molecule has 1 aliphatic rings. The van der Waals surface area contributed by atoms with E-state index in [1.807, 2.05) is 12.1 Å². The van der Waals surface area contributed by atoms with Crippen molar-refractivity contribution in [3.8, 4) is 0 Å². The number of benzene rings is 1. The van der Waals surface area contributed by atoms with E-state index < -0.39 is 0 Å². The second-order valence-electron chi connectivity index (χ2n) is 7.74. The van der Waals surface area contributed by atoms with Crippen LogP contribution in [0.15, 0.2) is 23.0 Å². The number of methoxy groups -OCH3 is 1. The molecule has 1 aliphatic heterocycles. The summed E-state index contributed by atoms with van der Waals surface area (Å²) in [4.78, 5) is 17.8. The second-order valence-corrected chi connectivity index (χ2v) is 8.13. The first-order valence-electron chi connectivity index (χ1n) is 10.2. The molecule has 1 saturated heterocycles. The molecular formula is C22H31N3O3S. The Morgan fingerprint density at radius 2 is 2.14 bits per heavy atom. The van der Waals surface area contributed by atoms with Gasteiger partial charge in [0, 0.05) is 44.5 Å². The number of fused-ring (bicyclic) bond motifs is 1. The number of nitrogens with one attached hydrogen (secondary N) is 2. The molecule has 6 nitrogen and oxygen atoms in total. The summed E-state index contributed by atoms with van der Waals surface area (Å²) in [6.07, 6.45) is 3.12. The predicted molar refractivity (Wildman–Crippen MR) is 121 cm³/mol. The minimum atomic E-state index is -0.0692. The molecule has 2 heterocycles. The normalized spacial score (nSPS) is 16.3. The summed E-state index contributed by atoms with van der Waals surface area (Å²) in [5.41, 5.74) is 3.89. The Morgan fingerprint density at radius 3 is 2.86 bits per heavy atom. The van der Waals surface area contributed by atoms with Crippen molar-refractivity contribution in [2.45, 2.75) is 45.8 Å². The largest absolute Gasteiger partial charge is 0.385 e. The molecule has 1 aromatic heterocycles. The molecule has 0 amide bonds. The van der Waals surface area contributed by atoms with E-state index in [0.29, 0.717) is 30.4 Å². The molecule has 0 spiro atoms. The lowest BCUT2D eigenvalue weighted by Gasteiger charge is -2.28. The van der Waals surface area contributed by atoms with Crippen molar-refractivity contribution < 1.29 is 9.47 Å². The van der Waals surface area contributed by atoms with Crippen molar-refractivity contribution in [1.82, 2.24) is 15.2 Å². The number of ether oxygens (including phenoxy) is 2. The van der Waals surface area contributed by atoms with Crippen LogP contribution in [0, 0.1) is 13.8 Å². The zero-order valence-corrected chi connectivity index (χ0v) is 18.4. The van der Waals surface area contributed by atoms with Crippen LogP contribution in [-0.4, -0.2) is 54.5 Å². The van der Waals surface area contributed by atoms with Gasteiger partial charge < -0.3 is 24.7 Å². The Hall–Kier alpha value is -1.96. The molecule has 2 aromatic rings. The fraction of sp³-hybridized carbons (Fsp3) is 0.545. The van der Waals surface area contributed by atoms with Crippen LogP contribution in [0.3, 0.4) is 0 Å². The molecule has 1 aromatic carbocycles. The summed E-state index contributed by atoms with van der Waals surface area (Å²) in [6.45, 7) is 7.49. The van der Waals surface area contributed by atoms with E-state index in [9.17, 15) is 4.79 Å². The number of H-pyrrole nitrogens is 1. The third kappa shape index (κ3) is 5.78. The fourth-order valence-corrected chi connectivity index (χ4v) is 3.86. The van der Waals surface area contributed by atoms with Crippen molar-refractivity contribution in [2.24, 2.45) is 0 Å². The lowest BCUT2D eigenvalue weighted by atomic mass is 10.0. The van der Waals surface area contributed by atoms with E-state index in [-0.39, 0.29) is 11.7 Å². The van der Waals surface area contributed by atoms with E-state index in [4.69, 9.17) is 21.7 Å². The predicted octanol–water partition coefficient (Wildman–Crippen LogP) is 3.04. The van der Waals surface area contributed by atoms with E-state index >= 15 is 0 Å². The van der Waals surface area contributed by atoms with E-state index in [2.05, 4.69) is 35.1 Å². The Bertz CT molecular complexity index is 906. The fourth-order valence-electron chi connectivity index (χ4n) is 3.62. The Balaban J connectivity index is 1.79. The molecule has 158 valence electrons. The van der Waals surface area contributed by atoms with Gasteiger partial charge in [-0.15, -0.1) is 0 Å². The van der Waals surface area contributed by atoms with Crippen LogP contribution in [0.2, 0.25) is 0 Å². The molecule has 3 rings (SSSR count). The molecular weight excluding hydrogens is 386 g/mol. The van der Waals surface area contributed by atoms with Crippen LogP contribution in [0.25, 0.3) is 10.9 Å². The van der Waals surface area contributed by atoms with Crippen molar-refractivity contribution in [3.05, 3.63) is 45.2 Å². The molecule has 0 aliphatic carbocycles. The van der Waals surface area contributed by atoms with Crippen molar-refractivity contribution in [3.63, 3.8) is 0 Å². The van der Waals surface area contributed by atoms with Crippen LogP contribution < -0.4 is 10.9 Å². The van der Waals surface area contributed by atoms with Gasteiger partial charge in [-0.3, -0.25) is 4.79 Å². The molecule has 1 atom stereocenters. The number of pyridine rings is 1. The summed E-state index contributed by atoms with van der Waals surface area (Å²) < 4.78 is 10.9. The van der Waals surface area contributed by atoms with Crippen molar-refractivity contribution >= 4 is 28.2 Å². The van der Waals surface area contributed by atoms with Gasteiger partial charge in [-0.2, -0.15) is 0 Å². The number of hydrogen-bond acceptors (Lipinski definition) is 4. The first-order chi connectivity index (χ1) is 14.0. The maximum atomic E-state index is 12.7. The van der Waals surface area contributed by atoms with E-state index in [1.54, 1.807) is 7.11 Å². The summed E-state index contributed by atoms with van der Waals surface area (Å²) in [7, 11) is 1.69. The molecule has 7 heteroatoms. The first kappa shape index (κ1) is 21.7. The van der Waals surface area contributed by atoms with Gasteiger partial charge in [-0.25, -0.2) is 0 Å². The molecule has 0 bridgehead atoms. The lowest BCUT2D eigenvalue weighted by molar-refractivity contribution is 0.0896. The highest BCUT2D eigenvalue weighted by Gasteiger charge is 2.22. The van der Waals surface area contributed by atoms with Crippen LogP contribution in [0.1, 0.15) is 36.0 Å². The highest BCUT2D eigenvalue weighted by atomic mass is 32.1. The van der Waals surface area contributed by atoms with Gasteiger partial charge in [0.15, 0.2) is 5.11 Å². The number of thiocarbonyl (C=S) groups is 1. The quantitative estimate of drug-likeness (QED) is 0.508. The monoisotopic (exact) mass is 417 g/mol. The second kappa shape index (κ2) is 10.2. The van der Waals surface area contributed by atoms with Crippen LogP contribution >= 0.6 is 12.2 Å². The highest BCUT2D eigenvalue weighted by molar-refractivity contribution is 7.80. The minimum absolute atomic E-state index is 0.0692. The molecule has 0 unspecified atom stereocenters. The Kier molecular flexibility index (Phi) is 7.64. The number of aryl methyl sites for hydroxylation is 2. The van der Waals surface area contributed by atoms with Crippen molar-refractivity contribution in [2.75, 3.05) is 33.4 Å². The highest BCUT2D eigenvalue weighted by Crippen LogP contribution is 2.19. The smallest absolute Gasteiger partial charge is 0.253 e. The number of rotatable bonds is 8. The van der Waals surface area contributed by atoms with E-state index in [1.165, 1.54) is 11.1 Å². The summed E-state index contributed by atoms with van der Waals surface area (Å²) in [6, 6.07) is 6.13. The maximum absolute atomic E-state index is 12.7. The topological polar surface area (TPSA) is 66.6 Å². The molecule has 29 heavy (non-hydrogen) atoms. The van der Waals surface area contributed by atoms with Gasteiger partial charge in [0.25, 0.3) is 5.56 Å². The number of nitrogens with zero attached hydrogens (tertiary/aromatic N) is 1. The van der Waals surface area contributed by atoms with Gasteiger partial charge >= 0.3 is 0 Å². The first-order valence-corrected chi connectivity index (χ1v) is 10.6. The number of aromatic nitrogens is 1. The molecule has 2 N–H and O–H groups in total. The lowest BCUT2D eigenvalue weighted by Crippen LogP contribution is -2.44. The molecule has 1 fully saturated rings. The average Bonchev–Trinajstić information content (AvgIpc) is 3.20. The zero-order valence-electron chi connectivity index (χ0n) is 17.5. The summed E-state index contributed by atoms with van der Waals surface area (Å²) >= 11 is 5.64. The Labute approximate surface area is 177 Å². The minimum Gasteiger partial charge on any atom is -0.385 e. The number of aromatic amines is 1. The van der Waals surface area contributed by atoms with Gasteiger partial charge in [-0.1, -0.05) is 0 Å². The van der Waals surface area contributed by atoms with Crippen LogP contribution in [-0.2, 0) is 16.0 Å². The standard InChI is InChI=1S/C22H31N3O3S/c1-15-10-17-12-18(21(26)24-20(17)11-16(15)2)13-25(14-19-6-4-9-28-19)22(29)23-7-5-8-27-3/h10-12,19H,4-9,13-14H2,1-3H3,(H,23,29)(H,24,26)/t19-/m1/s1. The number of hydrogen-bond donors (Lipinski definition) is 2. The van der Waals surface area contributed by atoms with Crippen LogP contribution in [0.5, 0.6) is 0 Å². The van der Waals surface area contributed by atoms with Crippen LogP contribution in [0.4, 0.5) is 0 Å². The molecule has 0 saturated carbocycles. The van der Waals surface area contributed by atoms with Gasteiger partial charge in [-0.05, 0) is 80.0 Å².